The fourth-order valence-corrected chi connectivity index (χ4v) is 4.29. The third-order valence-corrected chi connectivity index (χ3v) is 6.98. The van der Waals surface area contributed by atoms with Crippen LogP contribution < -0.4 is 10.6 Å². The molecule has 2 unspecified atom stereocenters. The highest BCUT2D eigenvalue weighted by atomic mass is 31.2. The molecular weight excluding hydrogens is 475 g/mol. The Morgan fingerprint density at radius 2 is 1.86 bits per heavy atom. The first-order valence-electron chi connectivity index (χ1n) is 11.5. The van der Waals surface area contributed by atoms with Crippen LogP contribution in [0.1, 0.15) is 45.6 Å². The monoisotopic (exact) mass is 514 g/mol. The summed E-state index contributed by atoms with van der Waals surface area (Å²) in [6, 6.07) is 8.46. The van der Waals surface area contributed by atoms with Crippen LogP contribution in [0, 0.1) is 5.92 Å². The maximum absolute atomic E-state index is 12.7. The third kappa shape index (κ3) is 13.4. The highest BCUT2D eigenvalue weighted by Crippen LogP contribution is 2.46. The number of carbonyl (C=O) groups is 3. The Labute approximate surface area is 208 Å². The number of ketones is 1. The van der Waals surface area contributed by atoms with Gasteiger partial charge in [-0.2, -0.15) is 0 Å². The minimum absolute atomic E-state index is 0.104. The molecule has 2 atom stereocenters. The first-order valence-corrected chi connectivity index (χ1v) is 13.3. The first kappa shape index (κ1) is 30.8. The summed E-state index contributed by atoms with van der Waals surface area (Å²) in [6.07, 6.45) is 1.34. The summed E-state index contributed by atoms with van der Waals surface area (Å²) in [7, 11) is -1.04. The molecule has 1 fully saturated rings. The molecule has 0 bridgehead atoms. The standard InChI is InChI=1S/C19H29N2O6P.C5H10O2/c1-25-28(24,26-2)14-18(22)17(11-16-9-6-10-20-12-16)21-19(23)27-13-15-7-4-3-5-8-15;1-5(2,3)7-4-6/h3-5,7-8,16-17,20H,6,9-14H2,1-2H3,(H,21,23);4H,1-3H3. The van der Waals surface area contributed by atoms with E-state index < -0.39 is 31.7 Å². The van der Waals surface area contributed by atoms with Crippen molar-refractivity contribution in [2.75, 3.05) is 33.5 Å². The molecule has 1 aliphatic rings. The van der Waals surface area contributed by atoms with Gasteiger partial charge in [-0.15, -0.1) is 0 Å². The van der Waals surface area contributed by atoms with Gasteiger partial charge in [-0.05, 0) is 64.6 Å². The average Bonchev–Trinajstić information content (AvgIpc) is 2.83. The second kappa shape index (κ2) is 15.7. The van der Waals surface area contributed by atoms with E-state index in [4.69, 9.17) is 13.8 Å². The molecule has 2 rings (SSSR count). The number of benzene rings is 1. The summed E-state index contributed by atoms with van der Waals surface area (Å²) in [6.45, 7) is 7.75. The van der Waals surface area contributed by atoms with Gasteiger partial charge in [-0.3, -0.25) is 14.2 Å². The van der Waals surface area contributed by atoms with Gasteiger partial charge in [-0.1, -0.05) is 30.3 Å². The van der Waals surface area contributed by atoms with E-state index in [1.54, 1.807) is 0 Å². The van der Waals surface area contributed by atoms with Crippen LogP contribution in [0.5, 0.6) is 0 Å². The average molecular weight is 515 g/mol. The van der Waals surface area contributed by atoms with E-state index in [-0.39, 0.29) is 18.1 Å². The molecule has 1 aromatic carbocycles. The van der Waals surface area contributed by atoms with Crippen LogP contribution >= 0.6 is 7.60 Å². The van der Waals surface area contributed by atoms with Crippen molar-refractivity contribution in [3.05, 3.63) is 35.9 Å². The molecule has 35 heavy (non-hydrogen) atoms. The highest BCUT2D eigenvalue weighted by Gasteiger charge is 2.33. The van der Waals surface area contributed by atoms with Gasteiger partial charge in [0.2, 0.25) is 0 Å². The number of nitrogens with one attached hydrogen (secondary N) is 2. The SMILES string of the molecule is CC(C)(C)OC=O.COP(=O)(CC(=O)C(CC1CCCNC1)NC(=O)OCc1ccccc1)OC. The van der Waals surface area contributed by atoms with E-state index in [9.17, 15) is 18.9 Å². The van der Waals surface area contributed by atoms with Crippen LogP contribution in [-0.2, 0) is 39.3 Å². The van der Waals surface area contributed by atoms with Gasteiger partial charge in [0, 0.05) is 14.2 Å². The molecule has 1 heterocycles. The number of alkyl carbamates (subject to hydrolysis) is 1. The zero-order valence-corrected chi connectivity index (χ0v) is 22.2. The van der Waals surface area contributed by atoms with Crippen molar-refractivity contribution < 1.29 is 37.5 Å². The number of carbonyl (C=O) groups excluding carboxylic acids is 3. The van der Waals surface area contributed by atoms with Crippen LogP contribution in [0.15, 0.2) is 30.3 Å². The van der Waals surface area contributed by atoms with E-state index in [2.05, 4.69) is 15.4 Å². The van der Waals surface area contributed by atoms with Crippen molar-refractivity contribution in [2.45, 2.75) is 58.3 Å². The van der Waals surface area contributed by atoms with Gasteiger partial charge >= 0.3 is 13.7 Å². The molecule has 0 saturated carbocycles. The molecule has 1 saturated heterocycles. The minimum Gasteiger partial charge on any atom is -0.462 e. The fraction of sp³-hybridized carbons (Fsp3) is 0.625. The van der Waals surface area contributed by atoms with Gasteiger partial charge in [0.25, 0.3) is 6.47 Å². The topological polar surface area (TPSA) is 129 Å². The molecule has 0 spiro atoms. The molecule has 198 valence electrons. The Kier molecular flexibility index (Phi) is 13.8. The van der Waals surface area contributed by atoms with Crippen molar-refractivity contribution in [3.63, 3.8) is 0 Å². The lowest BCUT2D eigenvalue weighted by Gasteiger charge is -2.27. The van der Waals surface area contributed by atoms with E-state index in [0.29, 0.717) is 12.9 Å². The van der Waals surface area contributed by atoms with Crippen molar-refractivity contribution in [2.24, 2.45) is 5.92 Å². The van der Waals surface area contributed by atoms with Crippen LogP contribution in [0.4, 0.5) is 4.79 Å². The molecule has 0 radical (unpaired) electrons. The van der Waals surface area contributed by atoms with E-state index >= 15 is 0 Å². The van der Waals surface area contributed by atoms with Crippen molar-refractivity contribution in [3.8, 4) is 0 Å². The Balaban J connectivity index is 0.000000762. The van der Waals surface area contributed by atoms with Crippen LogP contribution in [0.25, 0.3) is 0 Å². The molecule has 1 aromatic rings. The van der Waals surface area contributed by atoms with Gasteiger partial charge in [0.15, 0.2) is 5.78 Å². The molecular formula is C24H39N2O8P. The summed E-state index contributed by atoms with van der Waals surface area (Å²) in [5.41, 5.74) is 0.530. The van der Waals surface area contributed by atoms with Crippen molar-refractivity contribution in [1.29, 1.82) is 0 Å². The minimum atomic E-state index is -3.51. The summed E-state index contributed by atoms with van der Waals surface area (Å²) in [5, 5.41) is 5.92. The largest absolute Gasteiger partial charge is 0.462 e. The quantitative estimate of drug-likeness (QED) is 0.335. The van der Waals surface area contributed by atoms with E-state index in [1.165, 1.54) is 14.2 Å². The molecule has 2 N–H and O–H groups in total. The van der Waals surface area contributed by atoms with Gasteiger partial charge < -0.3 is 29.2 Å². The van der Waals surface area contributed by atoms with Crippen LogP contribution in [-0.4, -0.2) is 63.5 Å². The number of amides is 1. The van der Waals surface area contributed by atoms with Gasteiger partial charge in [0.1, 0.15) is 18.4 Å². The third-order valence-electron chi connectivity index (χ3n) is 5.17. The predicted octanol–water partition coefficient (Wildman–Crippen LogP) is 3.68. The number of ether oxygens (including phenoxy) is 2. The normalized spacial score (nSPS) is 16.8. The zero-order chi connectivity index (χ0) is 26.3. The summed E-state index contributed by atoms with van der Waals surface area (Å²) < 4.78 is 31.8. The Morgan fingerprint density at radius 3 is 2.34 bits per heavy atom. The van der Waals surface area contributed by atoms with Gasteiger partial charge in [0.05, 0.1) is 6.04 Å². The Morgan fingerprint density at radius 1 is 1.20 bits per heavy atom. The molecule has 1 aliphatic heterocycles. The molecule has 10 nitrogen and oxygen atoms in total. The van der Waals surface area contributed by atoms with Crippen LogP contribution in [0.2, 0.25) is 0 Å². The smallest absolute Gasteiger partial charge is 0.408 e. The first-order chi connectivity index (χ1) is 16.5. The Hall–Kier alpha value is -2.26. The van der Waals surface area contributed by atoms with Crippen molar-refractivity contribution >= 4 is 25.9 Å². The lowest BCUT2D eigenvalue weighted by atomic mass is 9.91. The predicted molar refractivity (Wildman–Crippen MR) is 132 cm³/mol. The van der Waals surface area contributed by atoms with Crippen molar-refractivity contribution in [1.82, 2.24) is 10.6 Å². The Bertz CT molecular complexity index is 815. The summed E-state index contributed by atoms with van der Waals surface area (Å²) in [5.74, 6) is -0.157. The lowest BCUT2D eigenvalue weighted by molar-refractivity contribution is -0.138. The zero-order valence-electron chi connectivity index (χ0n) is 21.3. The van der Waals surface area contributed by atoms with Gasteiger partial charge in [-0.25, -0.2) is 4.79 Å². The highest BCUT2D eigenvalue weighted by molar-refractivity contribution is 7.54. The maximum Gasteiger partial charge on any atom is 0.408 e. The summed E-state index contributed by atoms with van der Waals surface area (Å²) in [4.78, 5) is 34.6. The van der Waals surface area contributed by atoms with E-state index in [1.807, 2.05) is 51.1 Å². The number of piperidine rings is 1. The fourth-order valence-electron chi connectivity index (χ4n) is 3.29. The second-order valence-electron chi connectivity index (χ2n) is 9.13. The number of hydrogen-bond acceptors (Lipinski definition) is 9. The maximum atomic E-state index is 12.7. The number of Topliss-reactive ketones (excluding diaryl/α,β-unsaturated/α-hetero) is 1. The van der Waals surface area contributed by atoms with E-state index in [0.717, 1.165) is 31.5 Å². The van der Waals surface area contributed by atoms with Crippen LogP contribution in [0.3, 0.4) is 0 Å². The lowest BCUT2D eigenvalue weighted by Crippen LogP contribution is -2.45. The summed E-state index contributed by atoms with van der Waals surface area (Å²) >= 11 is 0. The second-order valence-corrected chi connectivity index (χ2v) is 11.4. The molecule has 0 aliphatic carbocycles. The molecule has 11 heteroatoms. The number of rotatable bonds is 11. The number of hydrogen-bond donors (Lipinski definition) is 2. The molecule has 0 aromatic heterocycles. The molecule has 1 amide bonds.